The lowest BCUT2D eigenvalue weighted by molar-refractivity contribution is 0.271. The lowest BCUT2D eigenvalue weighted by atomic mass is 10.2. The molecule has 0 fully saturated rings. The van der Waals surface area contributed by atoms with E-state index in [1.807, 2.05) is 24.3 Å². The molecule has 0 aliphatic carbocycles. The minimum absolute atomic E-state index is 0.172. The maximum absolute atomic E-state index is 12.0. The summed E-state index contributed by atoms with van der Waals surface area (Å²) in [5.41, 5.74) is 0.752. The molecule has 2 aromatic carbocycles. The van der Waals surface area contributed by atoms with Crippen molar-refractivity contribution in [2.75, 3.05) is 6.61 Å². The minimum atomic E-state index is -3.64. The van der Waals surface area contributed by atoms with Crippen LogP contribution in [0.2, 0.25) is 0 Å². The quantitative estimate of drug-likeness (QED) is 0.626. The van der Waals surface area contributed by atoms with Crippen LogP contribution < -0.4 is 9.57 Å². The van der Waals surface area contributed by atoms with Gasteiger partial charge < -0.3 is 4.74 Å². The summed E-state index contributed by atoms with van der Waals surface area (Å²) >= 11 is 0. The van der Waals surface area contributed by atoms with Crippen LogP contribution in [0.5, 0.6) is 5.75 Å². The number of nitrogens with one attached hydrogen (secondary N) is 1. The molecule has 0 radical (unpaired) electrons. The van der Waals surface area contributed by atoms with Gasteiger partial charge in [-0.2, -0.15) is 13.5 Å². The van der Waals surface area contributed by atoms with Gasteiger partial charge in [0.05, 0.1) is 17.7 Å². The maximum Gasteiger partial charge on any atom is 0.276 e. The highest BCUT2D eigenvalue weighted by Crippen LogP contribution is 2.13. The molecule has 1 N–H and O–H groups in total. The number of sulfonamides is 1. The van der Waals surface area contributed by atoms with Crippen molar-refractivity contribution in [3.8, 4) is 5.75 Å². The van der Waals surface area contributed by atoms with Gasteiger partial charge >= 0.3 is 0 Å². The molecular formula is C17H20N2O3S. The number of nitrogens with zero attached hydrogens (tertiary/aromatic N) is 1. The average molecular weight is 332 g/mol. The first kappa shape index (κ1) is 17.0. The van der Waals surface area contributed by atoms with Gasteiger partial charge in [-0.15, -0.1) is 0 Å². The Kier molecular flexibility index (Phi) is 5.76. The zero-order valence-electron chi connectivity index (χ0n) is 13.1. The number of hydrogen-bond acceptors (Lipinski definition) is 4. The number of rotatable bonds is 7. The molecule has 2 aromatic rings. The predicted molar refractivity (Wildman–Crippen MR) is 91.1 cm³/mol. The summed E-state index contributed by atoms with van der Waals surface area (Å²) < 4.78 is 29.7. The van der Waals surface area contributed by atoms with Crippen LogP contribution in [0.1, 0.15) is 19.4 Å². The van der Waals surface area contributed by atoms with E-state index in [4.69, 9.17) is 4.74 Å². The van der Waals surface area contributed by atoms with Gasteiger partial charge in [-0.1, -0.05) is 44.2 Å². The van der Waals surface area contributed by atoms with Gasteiger partial charge in [0.2, 0.25) is 0 Å². The van der Waals surface area contributed by atoms with E-state index >= 15 is 0 Å². The first-order chi connectivity index (χ1) is 11.0. The summed E-state index contributed by atoms with van der Waals surface area (Å²) in [6, 6.07) is 15.4. The number of benzene rings is 2. The smallest absolute Gasteiger partial charge is 0.276 e. The molecule has 122 valence electrons. The number of hydrogen-bond donors (Lipinski definition) is 1. The van der Waals surface area contributed by atoms with Crippen molar-refractivity contribution >= 4 is 16.2 Å². The van der Waals surface area contributed by atoms with Crippen molar-refractivity contribution in [3.05, 3.63) is 60.2 Å². The molecule has 5 nitrogen and oxygen atoms in total. The van der Waals surface area contributed by atoms with Crippen molar-refractivity contribution in [2.45, 2.75) is 18.7 Å². The molecule has 0 saturated carbocycles. The Hall–Kier alpha value is -2.34. The zero-order valence-corrected chi connectivity index (χ0v) is 14.0. The second-order valence-electron chi connectivity index (χ2n) is 5.44. The molecule has 0 saturated heterocycles. The fourth-order valence-corrected chi connectivity index (χ4v) is 2.58. The van der Waals surface area contributed by atoms with E-state index in [0.29, 0.717) is 12.5 Å². The fraction of sp³-hybridized carbons (Fsp3) is 0.235. The monoisotopic (exact) mass is 332 g/mol. The summed E-state index contributed by atoms with van der Waals surface area (Å²) in [5.74, 6) is 1.17. The Morgan fingerprint density at radius 2 is 1.87 bits per heavy atom. The maximum atomic E-state index is 12.0. The molecule has 2 rings (SSSR count). The van der Waals surface area contributed by atoms with Gasteiger partial charge in [0.1, 0.15) is 5.75 Å². The van der Waals surface area contributed by atoms with E-state index in [2.05, 4.69) is 23.8 Å². The Balaban J connectivity index is 2.02. The predicted octanol–water partition coefficient (Wildman–Crippen LogP) is 3.03. The topological polar surface area (TPSA) is 67.8 Å². The standard InChI is InChI=1S/C17H20N2O3S/c1-14(2)13-22-16-8-6-7-15(11-16)12-18-19-23(20,21)17-9-4-3-5-10-17/h3-12,14,19H,13H2,1-2H3/b18-12+. The lowest BCUT2D eigenvalue weighted by Crippen LogP contribution is -2.18. The van der Waals surface area contributed by atoms with Gasteiger partial charge in [-0.25, -0.2) is 4.83 Å². The molecule has 0 spiro atoms. The van der Waals surface area contributed by atoms with E-state index < -0.39 is 10.0 Å². The normalized spacial score (nSPS) is 11.8. The minimum Gasteiger partial charge on any atom is -0.493 e. The third kappa shape index (κ3) is 5.41. The SMILES string of the molecule is CC(C)COc1cccc(/C=N/NS(=O)(=O)c2ccccc2)c1. The second-order valence-corrected chi connectivity index (χ2v) is 7.10. The van der Waals surface area contributed by atoms with E-state index in [1.165, 1.54) is 18.3 Å². The van der Waals surface area contributed by atoms with Gasteiger partial charge in [0, 0.05) is 0 Å². The summed E-state index contributed by atoms with van der Waals surface area (Å²) in [6.07, 6.45) is 1.45. The Morgan fingerprint density at radius 1 is 1.13 bits per heavy atom. The Morgan fingerprint density at radius 3 is 2.57 bits per heavy atom. The van der Waals surface area contributed by atoms with Crippen LogP contribution in [0.4, 0.5) is 0 Å². The van der Waals surface area contributed by atoms with Crippen LogP contribution in [-0.2, 0) is 10.0 Å². The van der Waals surface area contributed by atoms with Gasteiger partial charge in [-0.05, 0) is 35.7 Å². The fourth-order valence-electron chi connectivity index (χ4n) is 1.77. The van der Waals surface area contributed by atoms with E-state index in [1.54, 1.807) is 18.2 Å². The summed E-state index contributed by atoms with van der Waals surface area (Å²) in [4.78, 5) is 2.37. The van der Waals surface area contributed by atoms with Crippen molar-refractivity contribution < 1.29 is 13.2 Å². The lowest BCUT2D eigenvalue weighted by Gasteiger charge is -2.08. The summed E-state index contributed by atoms with van der Waals surface area (Å²) in [7, 11) is -3.64. The van der Waals surface area contributed by atoms with Crippen LogP contribution in [0.15, 0.2) is 64.6 Å². The molecule has 0 unspecified atom stereocenters. The van der Waals surface area contributed by atoms with Crippen LogP contribution in [0, 0.1) is 5.92 Å². The van der Waals surface area contributed by atoms with Crippen molar-refractivity contribution in [3.63, 3.8) is 0 Å². The molecule has 6 heteroatoms. The van der Waals surface area contributed by atoms with Crippen LogP contribution in [0.25, 0.3) is 0 Å². The number of hydrazone groups is 1. The molecule has 0 aliphatic heterocycles. The molecule has 0 aromatic heterocycles. The zero-order chi connectivity index (χ0) is 16.7. The van der Waals surface area contributed by atoms with Gasteiger partial charge in [0.15, 0.2) is 0 Å². The van der Waals surface area contributed by atoms with Crippen LogP contribution in [-0.4, -0.2) is 21.2 Å². The second kappa shape index (κ2) is 7.78. The van der Waals surface area contributed by atoms with Crippen molar-refractivity contribution in [1.82, 2.24) is 4.83 Å². The highest BCUT2D eigenvalue weighted by atomic mass is 32.2. The summed E-state index contributed by atoms with van der Waals surface area (Å²) in [6.45, 7) is 4.77. The van der Waals surface area contributed by atoms with Gasteiger partial charge in [0.25, 0.3) is 10.0 Å². The largest absolute Gasteiger partial charge is 0.493 e. The molecule has 0 amide bonds. The molecule has 0 atom stereocenters. The first-order valence-electron chi connectivity index (χ1n) is 7.30. The van der Waals surface area contributed by atoms with E-state index in [-0.39, 0.29) is 4.90 Å². The third-order valence-corrected chi connectivity index (χ3v) is 4.12. The molecular weight excluding hydrogens is 312 g/mol. The van der Waals surface area contributed by atoms with Crippen LogP contribution >= 0.6 is 0 Å². The van der Waals surface area contributed by atoms with E-state index in [9.17, 15) is 8.42 Å². The first-order valence-corrected chi connectivity index (χ1v) is 8.78. The van der Waals surface area contributed by atoms with Gasteiger partial charge in [-0.3, -0.25) is 0 Å². The molecule has 0 bridgehead atoms. The average Bonchev–Trinajstić information content (AvgIpc) is 2.54. The van der Waals surface area contributed by atoms with E-state index in [0.717, 1.165) is 11.3 Å². The molecule has 0 aliphatic rings. The van der Waals surface area contributed by atoms with Crippen molar-refractivity contribution in [1.29, 1.82) is 0 Å². The Bertz CT molecular complexity index is 756. The summed E-state index contributed by atoms with van der Waals surface area (Å²) in [5, 5.41) is 3.81. The Labute approximate surface area is 137 Å². The van der Waals surface area contributed by atoms with Crippen LogP contribution in [0.3, 0.4) is 0 Å². The van der Waals surface area contributed by atoms with Crippen molar-refractivity contribution in [2.24, 2.45) is 11.0 Å². The highest BCUT2D eigenvalue weighted by molar-refractivity contribution is 7.89. The molecule has 0 heterocycles. The number of ether oxygens (including phenoxy) is 1. The highest BCUT2D eigenvalue weighted by Gasteiger charge is 2.10. The third-order valence-electron chi connectivity index (χ3n) is 2.88. The molecule has 23 heavy (non-hydrogen) atoms.